The van der Waals surface area contributed by atoms with Crippen molar-refractivity contribution < 1.29 is 9.53 Å². The summed E-state index contributed by atoms with van der Waals surface area (Å²) in [6.07, 6.45) is 7.35. The van der Waals surface area contributed by atoms with Gasteiger partial charge in [0.2, 0.25) is 5.91 Å². The Hall–Kier alpha value is -1.46. The number of ether oxygens (including phenoxy) is 1. The van der Waals surface area contributed by atoms with E-state index in [-0.39, 0.29) is 6.10 Å². The Labute approximate surface area is 146 Å². The van der Waals surface area contributed by atoms with Crippen LogP contribution < -0.4 is 0 Å². The number of para-hydroxylation sites is 1. The second-order valence-corrected chi connectivity index (χ2v) is 7.89. The second kappa shape index (κ2) is 7.19. The van der Waals surface area contributed by atoms with Gasteiger partial charge in [-0.15, -0.1) is 11.3 Å². The maximum atomic E-state index is 12.7. The average Bonchev–Trinajstić information content (AvgIpc) is 3.04. The third-order valence-electron chi connectivity index (χ3n) is 5.17. The van der Waals surface area contributed by atoms with Crippen molar-refractivity contribution in [2.24, 2.45) is 0 Å². The first-order valence-corrected chi connectivity index (χ1v) is 9.88. The molecule has 1 amide bonds. The lowest BCUT2D eigenvalue weighted by atomic mass is 9.90. The van der Waals surface area contributed by atoms with Crippen molar-refractivity contribution in [3.8, 4) is 0 Å². The molecule has 1 saturated heterocycles. The molecule has 2 aliphatic rings. The van der Waals surface area contributed by atoms with Gasteiger partial charge in [0.25, 0.3) is 0 Å². The number of amides is 1. The molecule has 2 atom stereocenters. The van der Waals surface area contributed by atoms with Gasteiger partial charge in [0.15, 0.2) is 0 Å². The van der Waals surface area contributed by atoms with Crippen LogP contribution in [0.2, 0.25) is 0 Å². The zero-order valence-electron chi connectivity index (χ0n) is 13.9. The Morgan fingerprint density at radius 1 is 1.29 bits per heavy atom. The van der Waals surface area contributed by atoms with E-state index in [2.05, 4.69) is 22.0 Å². The van der Waals surface area contributed by atoms with E-state index in [9.17, 15) is 4.79 Å². The van der Waals surface area contributed by atoms with E-state index in [1.807, 2.05) is 12.1 Å². The van der Waals surface area contributed by atoms with E-state index in [1.165, 1.54) is 17.5 Å². The predicted molar refractivity (Wildman–Crippen MR) is 96.3 cm³/mol. The Bertz CT molecular complexity index is 679. The number of nitrogens with zero attached hydrogens (tertiary/aromatic N) is 2. The molecule has 1 aromatic heterocycles. The molecule has 2 fully saturated rings. The molecule has 0 N–H and O–H groups in total. The maximum Gasteiger partial charge on any atom is 0.222 e. The van der Waals surface area contributed by atoms with Crippen LogP contribution >= 0.6 is 11.3 Å². The minimum absolute atomic E-state index is 0.278. The number of benzene rings is 1. The normalized spacial score (nSPS) is 24.1. The number of fused-ring (bicyclic) bond motifs is 2. The van der Waals surface area contributed by atoms with E-state index in [4.69, 9.17) is 4.74 Å². The highest BCUT2D eigenvalue weighted by Crippen LogP contribution is 2.29. The van der Waals surface area contributed by atoms with Gasteiger partial charge in [0, 0.05) is 13.0 Å². The largest absolute Gasteiger partial charge is 0.374 e. The number of hydrogen-bond donors (Lipinski definition) is 0. The van der Waals surface area contributed by atoms with Crippen LogP contribution in [0.3, 0.4) is 0 Å². The first-order valence-electron chi connectivity index (χ1n) is 9.07. The van der Waals surface area contributed by atoms with Gasteiger partial charge in [0.05, 0.1) is 34.0 Å². The summed E-state index contributed by atoms with van der Waals surface area (Å²) < 4.78 is 7.10. The zero-order valence-corrected chi connectivity index (χ0v) is 14.8. The summed E-state index contributed by atoms with van der Waals surface area (Å²) in [5.41, 5.74) is 1.07. The lowest BCUT2D eigenvalue weighted by Gasteiger charge is -2.43. The fourth-order valence-corrected chi connectivity index (χ4v) is 4.98. The van der Waals surface area contributed by atoms with Crippen LogP contribution in [0.5, 0.6) is 0 Å². The number of hydrogen-bond acceptors (Lipinski definition) is 4. The molecule has 1 aliphatic heterocycles. The molecule has 0 bridgehead atoms. The Morgan fingerprint density at radius 2 is 2.17 bits per heavy atom. The molecule has 2 heterocycles. The van der Waals surface area contributed by atoms with Gasteiger partial charge in [-0.05, 0) is 37.8 Å². The van der Waals surface area contributed by atoms with Crippen LogP contribution in [0, 0.1) is 0 Å². The van der Waals surface area contributed by atoms with Gasteiger partial charge in [-0.2, -0.15) is 0 Å². The third-order valence-corrected chi connectivity index (χ3v) is 6.27. The van der Waals surface area contributed by atoms with Gasteiger partial charge < -0.3 is 9.64 Å². The van der Waals surface area contributed by atoms with Crippen molar-refractivity contribution >= 4 is 27.5 Å². The quantitative estimate of drug-likeness (QED) is 0.847. The fraction of sp³-hybridized carbons (Fsp3) is 0.579. The van der Waals surface area contributed by atoms with E-state index >= 15 is 0 Å². The van der Waals surface area contributed by atoms with Crippen LogP contribution in [0.4, 0.5) is 0 Å². The topological polar surface area (TPSA) is 42.4 Å². The average molecular weight is 344 g/mol. The minimum Gasteiger partial charge on any atom is -0.374 e. The molecule has 24 heavy (non-hydrogen) atoms. The summed E-state index contributed by atoms with van der Waals surface area (Å²) in [7, 11) is 0. The molecular weight excluding hydrogens is 320 g/mol. The van der Waals surface area contributed by atoms with Crippen LogP contribution in [0.15, 0.2) is 24.3 Å². The van der Waals surface area contributed by atoms with Gasteiger partial charge in [-0.3, -0.25) is 4.79 Å². The highest BCUT2D eigenvalue weighted by atomic mass is 32.1. The Balaban J connectivity index is 1.32. The zero-order chi connectivity index (χ0) is 16.4. The summed E-state index contributed by atoms with van der Waals surface area (Å²) in [5, 5.41) is 1.14. The number of carbonyl (C=O) groups excluding carboxylic acids is 1. The minimum atomic E-state index is 0.278. The number of thiazole rings is 1. The lowest BCUT2D eigenvalue weighted by Crippen LogP contribution is -2.54. The number of rotatable bonds is 4. The standard InChI is InChI=1S/C19H24N2O2S/c22-19(21-12-13-23-16-8-3-2-7-15(16)21)11-5-10-18-20-14-6-1-4-9-17(14)24-18/h1,4,6,9,15-16H,2-3,5,7-8,10-13H2. The van der Waals surface area contributed by atoms with E-state index < -0.39 is 0 Å². The molecule has 4 nitrogen and oxygen atoms in total. The van der Waals surface area contributed by atoms with Crippen molar-refractivity contribution in [2.45, 2.75) is 57.1 Å². The number of aryl methyl sites for hydroxylation is 1. The van der Waals surface area contributed by atoms with Crippen molar-refractivity contribution in [2.75, 3.05) is 13.2 Å². The molecule has 1 aliphatic carbocycles. The van der Waals surface area contributed by atoms with Gasteiger partial charge >= 0.3 is 0 Å². The molecule has 1 saturated carbocycles. The van der Waals surface area contributed by atoms with Crippen molar-refractivity contribution in [1.29, 1.82) is 0 Å². The summed E-state index contributed by atoms with van der Waals surface area (Å²) in [4.78, 5) is 19.4. The Morgan fingerprint density at radius 3 is 3.08 bits per heavy atom. The summed E-state index contributed by atoms with van der Waals surface area (Å²) in [5.74, 6) is 0.302. The monoisotopic (exact) mass is 344 g/mol. The maximum absolute atomic E-state index is 12.7. The van der Waals surface area contributed by atoms with Gasteiger partial charge in [0.1, 0.15) is 0 Å². The first-order chi connectivity index (χ1) is 11.8. The van der Waals surface area contributed by atoms with Crippen LogP contribution in [-0.4, -0.2) is 41.1 Å². The highest BCUT2D eigenvalue weighted by Gasteiger charge is 2.36. The van der Waals surface area contributed by atoms with Crippen LogP contribution in [0.1, 0.15) is 43.5 Å². The molecule has 2 aromatic rings. The number of morpholine rings is 1. The molecule has 4 rings (SSSR count). The molecule has 0 spiro atoms. The molecule has 0 radical (unpaired) electrons. The van der Waals surface area contributed by atoms with Crippen LogP contribution in [0.25, 0.3) is 10.2 Å². The second-order valence-electron chi connectivity index (χ2n) is 6.78. The predicted octanol–water partition coefficient (Wildman–Crippen LogP) is 3.79. The Kier molecular flexibility index (Phi) is 4.81. The van der Waals surface area contributed by atoms with E-state index in [0.717, 1.165) is 42.8 Å². The molecule has 5 heteroatoms. The molecule has 128 valence electrons. The lowest BCUT2D eigenvalue weighted by molar-refractivity contribution is -0.149. The molecular formula is C19H24N2O2S. The molecule has 1 aromatic carbocycles. The summed E-state index contributed by atoms with van der Waals surface area (Å²) in [6.45, 7) is 1.46. The fourth-order valence-electron chi connectivity index (χ4n) is 3.97. The van der Waals surface area contributed by atoms with E-state index in [1.54, 1.807) is 11.3 Å². The van der Waals surface area contributed by atoms with Crippen molar-refractivity contribution in [1.82, 2.24) is 9.88 Å². The van der Waals surface area contributed by atoms with Crippen LogP contribution in [-0.2, 0) is 16.0 Å². The number of carbonyl (C=O) groups is 1. The summed E-state index contributed by atoms with van der Waals surface area (Å²) >= 11 is 1.75. The molecule has 2 unspecified atom stereocenters. The SMILES string of the molecule is O=C(CCCc1nc2ccccc2s1)N1CCOC2CCCCC21. The third kappa shape index (κ3) is 3.33. The van der Waals surface area contributed by atoms with Gasteiger partial charge in [-0.1, -0.05) is 25.0 Å². The van der Waals surface area contributed by atoms with Crippen molar-refractivity contribution in [3.63, 3.8) is 0 Å². The number of aromatic nitrogens is 1. The van der Waals surface area contributed by atoms with E-state index in [0.29, 0.717) is 25.0 Å². The van der Waals surface area contributed by atoms with Crippen molar-refractivity contribution in [3.05, 3.63) is 29.3 Å². The van der Waals surface area contributed by atoms with Gasteiger partial charge in [-0.25, -0.2) is 4.98 Å². The first kappa shape index (κ1) is 16.0. The summed E-state index contributed by atoms with van der Waals surface area (Å²) in [6, 6.07) is 8.56. The smallest absolute Gasteiger partial charge is 0.222 e. The highest BCUT2D eigenvalue weighted by molar-refractivity contribution is 7.18.